The number of unbranched alkanes of at least 4 members (excludes halogenated alkanes) is 8. The Hall–Kier alpha value is -4.19. The number of carbonyl (C=O) groups is 3. The van der Waals surface area contributed by atoms with Gasteiger partial charge in [0, 0.05) is 19.3 Å². The monoisotopic (exact) mass is 815 g/mol. The highest BCUT2D eigenvalue weighted by molar-refractivity contribution is 5.71. The van der Waals surface area contributed by atoms with Crippen LogP contribution in [0.2, 0.25) is 0 Å². The average Bonchev–Trinajstić information content (AvgIpc) is 3.23. The van der Waals surface area contributed by atoms with Crippen molar-refractivity contribution in [3.63, 3.8) is 0 Å². The maximum Gasteiger partial charge on any atom is 0.306 e. The molecule has 59 heavy (non-hydrogen) atoms. The van der Waals surface area contributed by atoms with Crippen LogP contribution in [0.4, 0.5) is 0 Å². The average molecular weight is 815 g/mol. The van der Waals surface area contributed by atoms with Crippen molar-refractivity contribution in [3.8, 4) is 0 Å². The van der Waals surface area contributed by atoms with E-state index in [1.807, 2.05) is 12.2 Å². The van der Waals surface area contributed by atoms with Crippen LogP contribution in [0.15, 0.2) is 122 Å². The molecule has 0 amide bonds. The summed E-state index contributed by atoms with van der Waals surface area (Å²) in [6.45, 7) is 6.14. The molecular formula is C53H82O6. The lowest BCUT2D eigenvalue weighted by molar-refractivity contribution is -0.166. The second-order valence-corrected chi connectivity index (χ2v) is 14.5. The Bertz CT molecular complexity index is 1300. The van der Waals surface area contributed by atoms with Crippen LogP contribution in [0.3, 0.4) is 0 Å². The fourth-order valence-electron chi connectivity index (χ4n) is 5.61. The van der Waals surface area contributed by atoms with Gasteiger partial charge < -0.3 is 14.2 Å². The van der Waals surface area contributed by atoms with E-state index in [2.05, 4.69) is 130 Å². The van der Waals surface area contributed by atoms with Gasteiger partial charge in [0.25, 0.3) is 0 Å². The molecule has 1 atom stereocenters. The van der Waals surface area contributed by atoms with Crippen molar-refractivity contribution in [1.82, 2.24) is 0 Å². The minimum atomic E-state index is -0.834. The summed E-state index contributed by atoms with van der Waals surface area (Å²) in [5, 5.41) is 0. The number of hydrogen-bond acceptors (Lipinski definition) is 6. The minimum absolute atomic E-state index is 0.135. The van der Waals surface area contributed by atoms with Gasteiger partial charge in [-0.3, -0.25) is 14.4 Å². The van der Waals surface area contributed by atoms with Crippen molar-refractivity contribution in [2.75, 3.05) is 13.2 Å². The Morgan fingerprint density at radius 3 is 1.10 bits per heavy atom. The highest BCUT2D eigenvalue weighted by atomic mass is 16.6. The SMILES string of the molecule is CC/C=C\C/C=C\C/C=C\C/C=C\C/C=C\CCC(=O)OCC(COC(=O)CCC/C=C\C/C=C\C/C=C\CC)OC(=O)CCCCCCCCC/C=C\C/C=C\CC. The first-order valence-corrected chi connectivity index (χ1v) is 23.0. The van der Waals surface area contributed by atoms with E-state index in [9.17, 15) is 14.4 Å². The summed E-state index contributed by atoms with van der Waals surface area (Å²) >= 11 is 0. The zero-order valence-corrected chi connectivity index (χ0v) is 37.5. The number of hydrogen-bond donors (Lipinski definition) is 0. The first-order valence-electron chi connectivity index (χ1n) is 23.0. The van der Waals surface area contributed by atoms with E-state index in [0.717, 1.165) is 103 Å². The molecule has 0 aliphatic heterocycles. The van der Waals surface area contributed by atoms with Crippen molar-refractivity contribution in [2.45, 2.75) is 181 Å². The van der Waals surface area contributed by atoms with Gasteiger partial charge in [-0.15, -0.1) is 0 Å². The van der Waals surface area contributed by atoms with Gasteiger partial charge in [-0.2, -0.15) is 0 Å². The van der Waals surface area contributed by atoms with E-state index in [0.29, 0.717) is 12.8 Å². The molecule has 0 saturated carbocycles. The van der Waals surface area contributed by atoms with E-state index < -0.39 is 6.10 Å². The normalized spacial score (nSPS) is 13.2. The minimum Gasteiger partial charge on any atom is -0.462 e. The zero-order valence-electron chi connectivity index (χ0n) is 37.5. The molecule has 0 aromatic heterocycles. The van der Waals surface area contributed by atoms with E-state index in [1.54, 1.807) is 0 Å². The van der Waals surface area contributed by atoms with Gasteiger partial charge in [0.2, 0.25) is 0 Å². The molecule has 0 spiro atoms. The van der Waals surface area contributed by atoms with Gasteiger partial charge in [0.15, 0.2) is 6.10 Å². The first kappa shape index (κ1) is 54.8. The van der Waals surface area contributed by atoms with Crippen molar-refractivity contribution < 1.29 is 28.6 Å². The molecule has 0 heterocycles. The van der Waals surface area contributed by atoms with Gasteiger partial charge in [-0.05, 0) is 103 Å². The fourth-order valence-corrected chi connectivity index (χ4v) is 5.61. The Kier molecular flexibility index (Phi) is 43.2. The van der Waals surface area contributed by atoms with Crippen LogP contribution in [0, 0.1) is 0 Å². The van der Waals surface area contributed by atoms with Crippen molar-refractivity contribution in [1.29, 1.82) is 0 Å². The van der Waals surface area contributed by atoms with Crippen LogP contribution in [0.25, 0.3) is 0 Å². The largest absolute Gasteiger partial charge is 0.462 e. The Morgan fingerprint density at radius 2 is 0.661 bits per heavy atom. The quantitative estimate of drug-likeness (QED) is 0.0266. The number of esters is 3. The van der Waals surface area contributed by atoms with Crippen molar-refractivity contribution in [2.24, 2.45) is 0 Å². The predicted octanol–water partition coefficient (Wildman–Crippen LogP) is 15.0. The number of rotatable bonds is 39. The van der Waals surface area contributed by atoms with E-state index in [1.165, 1.54) is 19.3 Å². The smallest absolute Gasteiger partial charge is 0.306 e. The molecule has 0 bridgehead atoms. The van der Waals surface area contributed by atoms with Crippen LogP contribution in [0.5, 0.6) is 0 Å². The summed E-state index contributed by atoms with van der Waals surface area (Å²) in [5.41, 5.74) is 0. The van der Waals surface area contributed by atoms with Gasteiger partial charge in [-0.1, -0.05) is 174 Å². The van der Waals surface area contributed by atoms with Gasteiger partial charge >= 0.3 is 17.9 Å². The Balaban J connectivity index is 4.58. The second kappa shape index (κ2) is 46.5. The van der Waals surface area contributed by atoms with Gasteiger partial charge in [0.05, 0.1) is 0 Å². The molecule has 0 aromatic rings. The molecule has 6 heteroatoms. The lowest BCUT2D eigenvalue weighted by atomic mass is 10.1. The third-order valence-electron chi connectivity index (χ3n) is 8.96. The molecule has 0 aliphatic rings. The summed E-state index contributed by atoms with van der Waals surface area (Å²) in [7, 11) is 0. The van der Waals surface area contributed by atoms with E-state index >= 15 is 0 Å². The molecule has 330 valence electrons. The molecule has 1 unspecified atom stereocenters. The van der Waals surface area contributed by atoms with Crippen LogP contribution < -0.4 is 0 Å². The Labute approximate surface area is 361 Å². The van der Waals surface area contributed by atoms with E-state index in [4.69, 9.17) is 14.2 Å². The second-order valence-electron chi connectivity index (χ2n) is 14.5. The Morgan fingerprint density at radius 1 is 0.339 bits per heavy atom. The lowest BCUT2D eigenvalue weighted by Crippen LogP contribution is -2.30. The van der Waals surface area contributed by atoms with Crippen LogP contribution in [-0.2, 0) is 28.6 Å². The molecule has 0 aliphatic carbocycles. The van der Waals surface area contributed by atoms with Crippen molar-refractivity contribution in [3.05, 3.63) is 122 Å². The van der Waals surface area contributed by atoms with E-state index in [-0.39, 0.29) is 50.4 Å². The highest BCUT2D eigenvalue weighted by Gasteiger charge is 2.19. The number of ether oxygens (including phenoxy) is 3. The third-order valence-corrected chi connectivity index (χ3v) is 8.96. The molecule has 0 saturated heterocycles. The van der Waals surface area contributed by atoms with Crippen LogP contribution in [-0.4, -0.2) is 37.2 Å². The summed E-state index contributed by atoms with van der Waals surface area (Å²) in [4.78, 5) is 37.7. The molecule has 0 N–H and O–H groups in total. The molecule has 0 fully saturated rings. The maximum absolute atomic E-state index is 12.7. The summed E-state index contributed by atoms with van der Waals surface area (Å²) in [5.74, 6) is -1.09. The molecule has 0 radical (unpaired) electrons. The molecular weight excluding hydrogens is 733 g/mol. The van der Waals surface area contributed by atoms with Gasteiger partial charge in [-0.25, -0.2) is 0 Å². The van der Waals surface area contributed by atoms with Crippen LogP contribution in [0.1, 0.15) is 175 Å². The predicted molar refractivity (Wildman–Crippen MR) is 251 cm³/mol. The van der Waals surface area contributed by atoms with Gasteiger partial charge in [0.1, 0.15) is 13.2 Å². The lowest BCUT2D eigenvalue weighted by Gasteiger charge is -2.18. The summed E-state index contributed by atoms with van der Waals surface area (Å²) in [6, 6.07) is 0. The highest BCUT2D eigenvalue weighted by Crippen LogP contribution is 2.12. The third kappa shape index (κ3) is 44.8. The maximum atomic E-state index is 12.7. The summed E-state index contributed by atoms with van der Waals surface area (Å²) in [6.07, 6.45) is 63.5. The molecule has 0 rings (SSSR count). The molecule has 6 nitrogen and oxygen atoms in total. The standard InChI is InChI=1S/C53H82O6/c1-4-7-10-13-16-19-22-24-26-27-29-31-34-37-40-43-46-52(55)58-49-50(48-57-51(54)45-42-39-36-33-30-21-18-15-12-9-6-3)59-53(56)47-44-41-38-35-32-28-25-23-20-17-14-11-8-5-2/h7-12,16-21,24,26,29,31,33,36-37,40,50H,4-6,13-15,22-23,25,27-28,30,32,34-35,38-39,41-49H2,1-3H3/b10-7-,11-8-,12-9-,19-16-,20-17-,21-18-,26-24-,31-29-,36-33-,40-37-. The first-order chi connectivity index (χ1) is 29.0. The van der Waals surface area contributed by atoms with Crippen LogP contribution >= 0.6 is 0 Å². The zero-order chi connectivity index (χ0) is 43.0. The molecule has 0 aromatic carbocycles. The van der Waals surface area contributed by atoms with Crippen molar-refractivity contribution >= 4 is 17.9 Å². The fraction of sp³-hybridized carbons (Fsp3) is 0.566. The number of allylic oxidation sites excluding steroid dienone is 20. The topological polar surface area (TPSA) is 78.9 Å². The number of carbonyl (C=O) groups excluding carboxylic acids is 3. The summed E-state index contributed by atoms with van der Waals surface area (Å²) < 4.78 is 16.6.